The molecule has 0 radical (unpaired) electrons. The third kappa shape index (κ3) is 2.79. The highest BCUT2D eigenvalue weighted by atomic mass is 16.1. The Labute approximate surface area is 122 Å². The van der Waals surface area contributed by atoms with Crippen LogP contribution in [0.25, 0.3) is 5.52 Å². The molecule has 108 valence electrons. The van der Waals surface area contributed by atoms with Crippen LogP contribution in [-0.4, -0.2) is 25.7 Å². The minimum absolute atomic E-state index is 0.0660. The topological polar surface area (TPSA) is 64.2 Å². The van der Waals surface area contributed by atoms with E-state index < -0.39 is 0 Å². The van der Waals surface area contributed by atoms with E-state index in [4.69, 9.17) is 0 Å². The standard InChI is InChI=1S/C15H17N5O/c1-2-5-16-12-3-6-17-13(10-12)11-19-8-9-20-14(15(19)21)4-7-18-20/h3-4,6-10H,2,5,11H2,1H3,(H,16,17). The zero-order valence-corrected chi connectivity index (χ0v) is 11.9. The predicted octanol–water partition coefficient (Wildman–Crippen LogP) is 1.76. The first kappa shape index (κ1) is 13.4. The minimum Gasteiger partial charge on any atom is -0.385 e. The number of aromatic nitrogens is 4. The van der Waals surface area contributed by atoms with Crippen molar-refractivity contribution in [3.63, 3.8) is 0 Å². The van der Waals surface area contributed by atoms with Crippen LogP contribution in [0.2, 0.25) is 0 Å². The van der Waals surface area contributed by atoms with Gasteiger partial charge < -0.3 is 9.88 Å². The molecule has 0 amide bonds. The van der Waals surface area contributed by atoms with Crippen LogP contribution in [0.4, 0.5) is 5.69 Å². The molecule has 3 rings (SSSR count). The molecule has 0 spiro atoms. The van der Waals surface area contributed by atoms with Crippen molar-refractivity contribution in [2.24, 2.45) is 0 Å². The molecule has 1 N–H and O–H groups in total. The van der Waals surface area contributed by atoms with Crippen LogP contribution in [0.15, 0.2) is 47.8 Å². The van der Waals surface area contributed by atoms with Crippen molar-refractivity contribution in [3.8, 4) is 0 Å². The van der Waals surface area contributed by atoms with Crippen LogP contribution < -0.4 is 10.9 Å². The molecule has 0 fully saturated rings. The molecular formula is C15H17N5O. The van der Waals surface area contributed by atoms with E-state index in [0.29, 0.717) is 12.1 Å². The smallest absolute Gasteiger partial charge is 0.276 e. The Morgan fingerprint density at radius 3 is 3.00 bits per heavy atom. The van der Waals surface area contributed by atoms with Crippen LogP contribution in [0.1, 0.15) is 19.0 Å². The Kier molecular flexibility index (Phi) is 3.68. The van der Waals surface area contributed by atoms with E-state index >= 15 is 0 Å². The zero-order valence-electron chi connectivity index (χ0n) is 11.9. The first-order chi connectivity index (χ1) is 10.3. The van der Waals surface area contributed by atoms with Gasteiger partial charge in [0, 0.05) is 30.8 Å². The summed E-state index contributed by atoms with van der Waals surface area (Å²) in [6.45, 7) is 3.49. The van der Waals surface area contributed by atoms with Crippen molar-refractivity contribution in [1.82, 2.24) is 19.2 Å². The second-order valence-electron chi connectivity index (χ2n) is 4.85. The lowest BCUT2D eigenvalue weighted by Gasteiger charge is -2.08. The SMILES string of the molecule is CCCNc1ccnc(Cn2ccn3nccc3c2=O)c1. The van der Waals surface area contributed by atoms with Crippen molar-refractivity contribution >= 4 is 11.2 Å². The van der Waals surface area contributed by atoms with Gasteiger partial charge in [-0.2, -0.15) is 5.10 Å². The Bertz CT molecular complexity index is 805. The zero-order chi connectivity index (χ0) is 14.7. The molecule has 0 aromatic carbocycles. The summed E-state index contributed by atoms with van der Waals surface area (Å²) in [4.78, 5) is 16.6. The fourth-order valence-corrected chi connectivity index (χ4v) is 2.20. The molecular weight excluding hydrogens is 266 g/mol. The van der Waals surface area contributed by atoms with Gasteiger partial charge in [-0.15, -0.1) is 0 Å². The predicted molar refractivity (Wildman–Crippen MR) is 81.6 cm³/mol. The van der Waals surface area contributed by atoms with E-state index in [9.17, 15) is 4.79 Å². The molecule has 21 heavy (non-hydrogen) atoms. The average molecular weight is 283 g/mol. The molecule has 0 aliphatic carbocycles. The number of nitrogens with one attached hydrogen (secondary N) is 1. The molecule has 0 saturated heterocycles. The molecule has 0 unspecified atom stereocenters. The summed E-state index contributed by atoms with van der Waals surface area (Å²) < 4.78 is 3.22. The first-order valence-corrected chi connectivity index (χ1v) is 6.99. The number of nitrogens with zero attached hydrogens (tertiary/aromatic N) is 4. The van der Waals surface area contributed by atoms with Crippen molar-refractivity contribution in [3.05, 3.63) is 59.0 Å². The van der Waals surface area contributed by atoms with Crippen LogP contribution in [-0.2, 0) is 6.54 Å². The van der Waals surface area contributed by atoms with Gasteiger partial charge in [-0.05, 0) is 24.6 Å². The van der Waals surface area contributed by atoms with E-state index in [1.54, 1.807) is 39.9 Å². The van der Waals surface area contributed by atoms with Gasteiger partial charge in [-0.25, -0.2) is 4.52 Å². The maximum absolute atomic E-state index is 12.3. The molecule has 0 atom stereocenters. The van der Waals surface area contributed by atoms with Crippen molar-refractivity contribution < 1.29 is 0 Å². The molecule has 3 aromatic rings. The van der Waals surface area contributed by atoms with Crippen LogP contribution in [0.5, 0.6) is 0 Å². The molecule has 0 aliphatic rings. The Morgan fingerprint density at radius 1 is 1.24 bits per heavy atom. The molecule has 6 heteroatoms. The van der Waals surface area contributed by atoms with Gasteiger partial charge in [0.15, 0.2) is 0 Å². The van der Waals surface area contributed by atoms with Gasteiger partial charge in [-0.1, -0.05) is 6.92 Å². The molecule has 6 nitrogen and oxygen atoms in total. The largest absolute Gasteiger partial charge is 0.385 e. The third-order valence-corrected chi connectivity index (χ3v) is 3.27. The van der Waals surface area contributed by atoms with E-state index in [1.165, 1.54) is 0 Å². The summed E-state index contributed by atoms with van der Waals surface area (Å²) in [7, 11) is 0. The third-order valence-electron chi connectivity index (χ3n) is 3.27. The number of hydrogen-bond acceptors (Lipinski definition) is 4. The van der Waals surface area contributed by atoms with Gasteiger partial charge in [0.25, 0.3) is 5.56 Å². The number of anilines is 1. The molecule has 0 bridgehead atoms. The highest BCUT2D eigenvalue weighted by Crippen LogP contribution is 2.09. The maximum atomic E-state index is 12.3. The monoisotopic (exact) mass is 283 g/mol. The summed E-state index contributed by atoms with van der Waals surface area (Å²) in [5.41, 5.74) is 2.38. The van der Waals surface area contributed by atoms with Crippen LogP contribution in [0.3, 0.4) is 0 Å². The fourth-order valence-electron chi connectivity index (χ4n) is 2.20. The summed E-state index contributed by atoms with van der Waals surface area (Å²) in [6.07, 6.45) is 7.95. The second-order valence-corrected chi connectivity index (χ2v) is 4.85. The first-order valence-electron chi connectivity index (χ1n) is 6.99. The van der Waals surface area contributed by atoms with Crippen molar-refractivity contribution in [1.29, 1.82) is 0 Å². The Hall–Kier alpha value is -2.63. The fraction of sp³-hybridized carbons (Fsp3) is 0.267. The van der Waals surface area contributed by atoms with Gasteiger partial charge in [-0.3, -0.25) is 9.78 Å². The summed E-state index contributed by atoms with van der Waals surface area (Å²) in [6, 6.07) is 5.62. The summed E-state index contributed by atoms with van der Waals surface area (Å²) in [5.74, 6) is 0. The van der Waals surface area contributed by atoms with Gasteiger partial charge in [0.1, 0.15) is 5.52 Å². The minimum atomic E-state index is -0.0660. The van der Waals surface area contributed by atoms with Crippen molar-refractivity contribution in [2.75, 3.05) is 11.9 Å². The highest BCUT2D eigenvalue weighted by molar-refractivity contribution is 5.44. The van der Waals surface area contributed by atoms with E-state index in [1.807, 2.05) is 12.1 Å². The van der Waals surface area contributed by atoms with E-state index in [2.05, 4.69) is 22.3 Å². The molecule has 0 aliphatic heterocycles. The molecule has 3 aromatic heterocycles. The molecule has 0 saturated carbocycles. The molecule has 3 heterocycles. The van der Waals surface area contributed by atoms with Crippen molar-refractivity contribution in [2.45, 2.75) is 19.9 Å². The summed E-state index contributed by atoms with van der Waals surface area (Å²) in [5, 5.41) is 7.37. The number of hydrogen-bond donors (Lipinski definition) is 1. The number of rotatable bonds is 5. The Balaban J connectivity index is 1.88. The van der Waals surface area contributed by atoms with Crippen LogP contribution >= 0.6 is 0 Å². The second kappa shape index (κ2) is 5.78. The van der Waals surface area contributed by atoms with Crippen LogP contribution in [0, 0.1) is 0 Å². The average Bonchev–Trinajstić information content (AvgIpc) is 2.98. The van der Waals surface area contributed by atoms with Gasteiger partial charge >= 0.3 is 0 Å². The van der Waals surface area contributed by atoms with E-state index in [0.717, 1.165) is 24.3 Å². The number of fused-ring (bicyclic) bond motifs is 1. The number of pyridine rings is 1. The van der Waals surface area contributed by atoms with E-state index in [-0.39, 0.29) is 5.56 Å². The lowest BCUT2D eigenvalue weighted by Crippen LogP contribution is -2.22. The lowest BCUT2D eigenvalue weighted by atomic mass is 10.3. The summed E-state index contributed by atoms with van der Waals surface area (Å²) >= 11 is 0. The van der Waals surface area contributed by atoms with Gasteiger partial charge in [0.05, 0.1) is 18.4 Å². The lowest BCUT2D eigenvalue weighted by molar-refractivity contribution is 0.726. The quantitative estimate of drug-likeness (QED) is 0.775. The normalized spacial score (nSPS) is 10.9. The highest BCUT2D eigenvalue weighted by Gasteiger charge is 2.05. The Morgan fingerprint density at radius 2 is 2.14 bits per heavy atom. The maximum Gasteiger partial charge on any atom is 0.276 e. The van der Waals surface area contributed by atoms with Gasteiger partial charge in [0.2, 0.25) is 0 Å².